The van der Waals surface area contributed by atoms with Crippen molar-refractivity contribution in [3.05, 3.63) is 29.8 Å². The molecule has 0 saturated heterocycles. The molecule has 1 nitrogen and oxygen atoms in total. The van der Waals surface area contributed by atoms with E-state index < -0.39 is 0 Å². The third kappa shape index (κ3) is 1.98. The average molecular weight is 256 g/mol. The molecule has 19 heavy (non-hydrogen) atoms. The molecular formula is C18H24O. The number of fused-ring (bicyclic) bond motifs is 1. The van der Waals surface area contributed by atoms with E-state index in [0.29, 0.717) is 12.0 Å². The van der Waals surface area contributed by atoms with Gasteiger partial charge in [0.05, 0.1) is 0 Å². The highest BCUT2D eigenvalue weighted by molar-refractivity contribution is 5.42. The van der Waals surface area contributed by atoms with E-state index in [1.54, 1.807) is 0 Å². The van der Waals surface area contributed by atoms with Crippen LogP contribution in [0.1, 0.15) is 62.8 Å². The van der Waals surface area contributed by atoms with Gasteiger partial charge in [-0.15, -0.1) is 0 Å². The van der Waals surface area contributed by atoms with E-state index in [9.17, 15) is 0 Å². The van der Waals surface area contributed by atoms with Gasteiger partial charge >= 0.3 is 0 Å². The molecule has 2 fully saturated rings. The van der Waals surface area contributed by atoms with Gasteiger partial charge in [0.25, 0.3) is 0 Å². The summed E-state index contributed by atoms with van der Waals surface area (Å²) in [6, 6.07) is 8.84. The zero-order valence-corrected chi connectivity index (χ0v) is 11.7. The lowest BCUT2D eigenvalue weighted by Gasteiger charge is -2.29. The molecule has 2 aliphatic carbocycles. The van der Waals surface area contributed by atoms with Gasteiger partial charge in [0.1, 0.15) is 11.9 Å². The standard InChI is InChI=1S/C18H24O/c1-2-8-13(7-1)17-15-11-5-6-12-16(15)19-18(17)14-9-3-4-10-14/h5-6,11-14,17-18H,1-4,7-10H2. The molecule has 1 aliphatic heterocycles. The summed E-state index contributed by atoms with van der Waals surface area (Å²) in [5.74, 6) is 3.59. The van der Waals surface area contributed by atoms with Crippen LogP contribution in [0, 0.1) is 11.8 Å². The molecule has 0 spiro atoms. The van der Waals surface area contributed by atoms with E-state index in [4.69, 9.17) is 4.74 Å². The molecule has 2 atom stereocenters. The van der Waals surface area contributed by atoms with Gasteiger partial charge in [-0.3, -0.25) is 0 Å². The SMILES string of the molecule is c1ccc2c(c1)OC(C1CCCC1)C2C1CCCC1. The predicted molar refractivity (Wildman–Crippen MR) is 77.5 cm³/mol. The maximum atomic E-state index is 6.42. The summed E-state index contributed by atoms with van der Waals surface area (Å²) in [6.07, 6.45) is 11.8. The quantitative estimate of drug-likeness (QED) is 0.730. The summed E-state index contributed by atoms with van der Waals surface area (Å²) >= 11 is 0. The maximum Gasteiger partial charge on any atom is 0.123 e. The van der Waals surface area contributed by atoms with E-state index in [-0.39, 0.29) is 0 Å². The molecule has 1 aromatic rings. The first-order chi connectivity index (χ1) is 9.43. The fourth-order valence-corrected chi connectivity index (χ4v) is 4.77. The molecule has 1 aromatic carbocycles. The molecule has 2 saturated carbocycles. The smallest absolute Gasteiger partial charge is 0.123 e. The number of ether oxygens (including phenoxy) is 1. The Hall–Kier alpha value is -0.980. The Bertz CT molecular complexity index is 441. The summed E-state index contributed by atoms with van der Waals surface area (Å²) in [5, 5.41) is 0. The van der Waals surface area contributed by atoms with Crippen LogP contribution in [0.25, 0.3) is 0 Å². The van der Waals surface area contributed by atoms with Gasteiger partial charge in [0.15, 0.2) is 0 Å². The topological polar surface area (TPSA) is 9.23 Å². The van der Waals surface area contributed by atoms with E-state index in [2.05, 4.69) is 24.3 Å². The normalized spacial score (nSPS) is 31.6. The Kier molecular flexibility index (Phi) is 3.01. The van der Waals surface area contributed by atoms with Crippen molar-refractivity contribution in [1.82, 2.24) is 0 Å². The minimum absolute atomic E-state index is 0.489. The van der Waals surface area contributed by atoms with Crippen LogP contribution in [0.15, 0.2) is 24.3 Å². The van der Waals surface area contributed by atoms with E-state index in [1.807, 2.05) is 0 Å². The van der Waals surface area contributed by atoms with Gasteiger partial charge in [0.2, 0.25) is 0 Å². The van der Waals surface area contributed by atoms with Gasteiger partial charge < -0.3 is 4.74 Å². The van der Waals surface area contributed by atoms with Crippen molar-refractivity contribution in [2.45, 2.75) is 63.4 Å². The Morgan fingerprint density at radius 1 is 0.789 bits per heavy atom. The zero-order chi connectivity index (χ0) is 12.7. The van der Waals surface area contributed by atoms with Gasteiger partial charge in [-0.1, -0.05) is 43.9 Å². The maximum absolute atomic E-state index is 6.42. The fourth-order valence-electron chi connectivity index (χ4n) is 4.77. The molecule has 3 aliphatic rings. The van der Waals surface area contributed by atoms with E-state index in [1.165, 1.54) is 62.7 Å². The number of hydrogen-bond donors (Lipinski definition) is 0. The summed E-state index contributed by atoms with van der Waals surface area (Å²) in [4.78, 5) is 0. The van der Waals surface area contributed by atoms with Crippen LogP contribution < -0.4 is 4.74 Å². The van der Waals surface area contributed by atoms with Crippen LogP contribution in [-0.4, -0.2) is 6.10 Å². The monoisotopic (exact) mass is 256 g/mol. The third-order valence-corrected chi connectivity index (χ3v) is 5.67. The van der Waals surface area contributed by atoms with Crippen LogP contribution in [0.2, 0.25) is 0 Å². The van der Waals surface area contributed by atoms with Crippen molar-refractivity contribution >= 4 is 0 Å². The van der Waals surface area contributed by atoms with Gasteiger partial charge in [-0.05, 0) is 43.6 Å². The van der Waals surface area contributed by atoms with Crippen molar-refractivity contribution in [3.8, 4) is 5.75 Å². The summed E-state index contributed by atoms with van der Waals surface area (Å²) in [7, 11) is 0. The lowest BCUT2D eigenvalue weighted by molar-refractivity contribution is 0.115. The van der Waals surface area contributed by atoms with E-state index >= 15 is 0 Å². The highest BCUT2D eigenvalue weighted by Gasteiger charge is 2.44. The van der Waals surface area contributed by atoms with Gasteiger partial charge in [-0.2, -0.15) is 0 Å². The molecule has 0 N–H and O–H groups in total. The van der Waals surface area contributed by atoms with E-state index in [0.717, 1.165) is 11.8 Å². The van der Waals surface area contributed by atoms with Crippen molar-refractivity contribution in [3.63, 3.8) is 0 Å². The highest BCUT2D eigenvalue weighted by Crippen LogP contribution is 2.51. The second-order valence-electron chi connectivity index (χ2n) is 6.74. The van der Waals surface area contributed by atoms with Gasteiger partial charge in [-0.25, -0.2) is 0 Å². The average Bonchev–Trinajstić information content (AvgIpc) is 3.17. The zero-order valence-electron chi connectivity index (χ0n) is 11.7. The molecule has 102 valence electrons. The molecule has 0 aromatic heterocycles. The minimum Gasteiger partial charge on any atom is -0.489 e. The van der Waals surface area contributed by atoms with Crippen molar-refractivity contribution in [1.29, 1.82) is 0 Å². The number of benzene rings is 1. The molecule has 0 bridgehead atoms. The third-order valence-electron chi connectivity index (χ3n) is 5.67. The molecule has 1 heteroatoms. The van der Waals surface area contributed by atoms with Crippen molar-refractivity contribution in [2.24, 2.45) is 11.8 Å². The van der Waals surface area contributed by atoms with Crippen LogP contribution in [0.3, 0.4) is 0 Å². The van der Waals surface area contributed by atoms with Crippen molar-refractivity contribution in [2.75, 3.05) is 0 Å². The molecule has 4 rings (SSSR count). The van der Waals surface area contributed by atoms with Crippen LogP contribution in [-0.2, 0) is 0 Å². The molecule has 0 radical (unpaired) electrons. The minimum atomic E-state index is 0.489. The van der Waals surface area contributed by atoms with Crippen LogP contribution in [0.5, 0.6) is 5.75 Å². The second kappa shape index (κ2) is 4.85. The molecule has 1 heterocycles. The second-order valence-corrected chi connectivity index (χ2v) is 6.74. The number of hydrogen-bond acceptors (Lipinski definition) is 1. The summed E-state index contributed by atoms with van der Waals surface area (Å²) in [5.41, 5.74) is 1.52. The Morgan fingerprint density at radius 2 is 1.42 bits per heavy atom. The Labute approximate surface area is 116 Å². The molecule has 0 amide bonds. The lowest BCUT2D eigenvalue weighted by Crippen LogP contribution is -2.30. The number of rotatable bonds is 2. The molecular weight excluding hydrogens is 232 g/mol. The van der Waals surface area contributed by atoms with Crippen LogP contribution in [0.4, 0.5) is 0 Å². The largest absolute Gasteiger partial charge is 0.489 e. The first-order valence-electron chi connectivity index (χ1n) is 8.19. The molecule has 2 unspecified atom stereocenters. The first-order valence-corrected chi connectivity index (χ1v) is 8.19. The van der Waals surface area contributed by atoms with Crippen LogP contribution >= 0.6 is 0 Å². The van der Waals surface area contributed by atoms with Gasteiger partial charge in [0, 0.05) is 11.5 Å². The fraction of sp³-hybridized carbons (Fsp3) is 0.667. The predicted octanol–water partition coefficient (Wildman–Crippen LogP) is 4.91. The summed E-state index contributed by atoms with van der Waals surface area (Å²) < 4.78 is 6.42. The highest BCUT2D eigenvalue weighted by atomic mass is 16.5. The lowest BCUT2D eigenvalue weighted by atomic mass is 9.77. The number of para-hydroxylation sites is 1. The Morgan fingerprint density at radius 3 is 2.16 bits per heavy atom. The summed E-state index contributed by atoms with van der Waals surface area (Å²) in [6.45, 7) is 0. The van der Waals surface area contributed by atoms with Crippen molar-refractivity contribution < 1.29 is 4.74 Å². The first kappa shape index (κ1) is 11.8. The Balaban J connectivity index is 1.67.